The summed E-state index contributed by atoms with van der Waals surface area (Å²) in [5, 5.41) is 3.15. The molecule has 15 heavy (non-hydrogen) atoms. The first-order valence-electron chi connectivity index (χ1n) is 4.51. The predicted octanol–water partition coefficient (Wildman–Crippen LogP) is 1.10. The second-order valence-corrected chi connectivity index (χ2v) is 3.67. The summed E-state index contributed by atoms with van der Waals surface area (Å²) in [7, 11) is 3.38. The number of nitrogen functional groups attached to an aromatic ring is 1. The fourth-order valence-electron chi connectivity index (χ4n) is 1.23. The average Bonchev–Trinajstić information content (AvgIpc) is 2.21. The van der Waals surface area contributed by atoms with Crippen molar-refractivity contribution in [2.75, 3.05) is 31.3 Å². The minimum absolute atomic E-state index is 0.0723. The highest BCUT2D eigenvalue weighted by molar-refractivity contribution is 6.31. The van der Waals surface area contributed by atoms with Crippen LogP contribution in [0.1, 0.15) is 0 Å². The van der Waals surface area contributed by atoms with E-state index in [1.54, 1.807) is 37.2 Å². The molecule has 0 heterocycles. The standard InChI is InChI=1S/C10H14ClN3O/c1-13-10(15)6-14(2)9-5-7(11)3-4-8(9)12/h3-5H,6,12H2,1-2H3,(H,13,15). The lowest BCUT2D eigenvalue weighted by Gasteiger charge is -2.20. The monoisotopic (exact) mass is 227 g/mol. The van der Waals surface area contributed by atoms with E-state index in [4.69, 9.17) is 17.3 Å². The van der Waals surface area contributed by atoms with Gasteiger partial charge in [-0.25, -0.2) is 0 Å². The minimum Gasteiger partial charge on any atom is -0.397 e. The van der Waals surface area contributed by atoms with Crippen molar-refractivity contribution in [1.29, 1.82) is 0 Å². The molecule has 0 aliphatic carbocycles. The Morgan fingerprint density at radius 2 is 2.27 bits per heavy atom. The largest absolute Gasteiger partial charge is 0.397 e. The minimum atomic E-state index is -0.0723. The Morgan fingerprint density at radius 3 is 2.87 bits per heavy atom. The highest BCUT2D eigenvalue weighted by Crippen LogP contribution is 2.25. The third-order valence-electron chi connectivity index (χ3n) is 2.06. The second kappa shape index (κ2) is 4.89. The van der Waals surface area contributed by atoms with Gasteiger partial charge in [0.15, 0.2) is 0 Å². The number of rotatable bonds is 3. The molecule has 1 aromatic rings. The third kappa shape index (κ3) is 3.02. The molecule has 0 aliphatic rings. The van der Waals surface area contributed by atoms with Crippen LogP contribution in [0.2, 0.25) is 5.02 Å². The van der Waals surface area contributed by atoms with E-state index in [2.05, 4.69) is 5.32 Å². The van der Waals surface area contributed by atoms with Gasteiger partial charge in [0.05, 0.1) is 17.9 Å². The molecule has 0 radical (unpaired) electrons. The average molecular weight is 228 g/mol. The molecule has 0 saturated carbocycles. The molecule has 5 heteroatoms. The van der Waals surface area contributed by atoms with Crippen LogP contribution in [-0.2, 0) is 4.79 Å². The van der Waals surface area contributed by atoms with Gasteiger partial charge in [-0.1, -0.05) is 11.6 Å². The summed E-state index contributed by atoms with van der Waals surface area (Å²) in [4.78, 5) is 12.9. The molecule has 0 unspecified atom stereocenters. The number of carbonyl (C=O) groups is 1. The number of hydrogen-bond acceptors (Lipinski definition) is 3. The van der Waals surface area contributed by atoms with Crippen molar-refractivity contribution >= 4 is 28.9 Å². The Balaban J connectivity index is 2.85. The summed E-state index contributed by atoms with van der Waals surface area (Å²) >= 11 is 5.85. The van der Waals surface area contributed by atoms with Crippen LogP contribution in [0.15, 0.2) is 18.2 Å². The number of amides is 1. The summed E-state index contributed by atoms with van der Waals surface area (Å²) < 4.78 is 0. The summed E-state index contributed by atoms with van der Waals surface area (Å²) in [5.74, 6) is -0.0723. The molecule has 1 aromatic carbocycles. The Kier molecular flexibility index (Phi) is 3.80. The van der Waals surface area contributed by atoms with E-state index in [0.717, 1.165) is 5.69 Å². The van der Waals surface area contributed by atoms with Gasteiger partial charge in [-0.05, 0) is 18.2 Å². The molecule has 0 aliphatic heterocycles. The van der Waals surface area contributed by atoms with Gasteiger partial charge in [0.1, 0.15) is 0 Å². The molecule has 1 amide bonds. The number of likely N-dealkylation sites (N-methyl/N-ethyl adjacent to an activating group) is 2. The molecular formula is C10H14ClN3O. The van der Waals surface area contributed by atoms with Crippen LogP contribution in [0.5, 0.6) is 0 Å². The number of carbonyl (C=O) groups excluding carboxylic acids is 1. The molecule has 0 fully saturated rings. The Hall–Kier alpha value is -1.42. The molecule has 82 valence electrons. The quantitative estimate of drug-likeness (QED) is 0.761. The van der Waals surface area contributed by atoms with Crippen LogP contribution >= 0.6 is 11.6 Å². The first kappa shape index (κ1) is 11.7. The van der Waals surface area contributed by atoms with Crippen molar-refractivity contribution in [3.63, 3.8) is 0 Å². The zero-order valence-corrected chi connectivity index (χ0v) is 9.51. The van der Waals surface area contributed by atoms with E-state index in [1.807, 2.05) is 0 Å². The van der Waals surface area contributed by atoms with Crippen molar-refractivity contribution in [3.05, 3.63) is 23.2 Å². The maximum atomic E-state index is 11.2. The predicted molar refractivity (Wildman–Crippen MR) is 63.2 cm³/mol. The van der Waals surface area contributed by atoms with Crippen molar-refractivity contribution in [3.8, 4) is 0 Å². The first-order valence-corrected chi connectivity index (χ1v) is 4.89. The Morgan fingerprint density at radius 1 is 1.60 bits per heavy atom. The van der Waals surface area contributed by atoms with Crippen molar-refractivity contribution in [2.45, 2.75) is 0 Å². The summed E-state index contributed by atoms with van der Waals surface area (Å²) in [5.41, 5.74) is 7.13. The molecule has 0 atom stereocenters. The van der Waals surface area contributed by atoms with Crippen LogP contribution in [0.25, 0.3) is 0 Å². The van der Waals surface area contributed by atoms with Gasteiger partial charge in [0.25, 0.3) is 0 Å². The van der Waals surface area contributed by atoms with Gasteiger partial charge in [-0.3, -0.25) is 4.79 Å². The molecule has 4 nitrogen and oxygen atoms in total. The topological polar surface area (TPSA) is 58.4 Å². The number of nitrogens with one attached hydrogen (secondary N) is 1. The van der Waals surface area contributed by atoms with E-state index >= 15 is 0 Å². The van der Waals surface area contributed by atoms with Crippen LogP contribution in [0.4, 0.5) is 11.4 Å². The normalized spacial score (nSPS) is 9.80. The molecule has 1 rings (SSSR count). The van der Waals surface area contributed by atoms with Gasteiger partial charge in [0.2, 0.25) is 5.91 Å². The fourth-order valence-corrected chi connectivity index (χ4v) is 1.39. The maximum Gasteiger partial charge on any atom is 0.239 e. The number of nitrogens with zero attached hydrogens (tertiary/aromatic N) is 1. The van der Waals surface area contributed by atoms with Crippen LogP contribution < -0.4 is 16.0 Å². The Labute approximate surface area is 94.0 Å². The maximum absolute atomic E-state index is 11.2. The van der Waals surface area contributed by atoms with Crippen molar-refractivity contribution < 1.29 is 4.79 Å². The first-order chi connectivity index (χ1) is 7.04. The second-order valence-electron chi connectivity index (χ2n) is 3.23. The molecule has 0 saturated heterocycles. The smallest absolute Gasteiger partial charge is 0.239 e. The number of nitrogens with two attached hydrogens (primary N) is 1. The van der Waals surface area contributed by atoms with Crippen molar-refractivity contribution in [2.24, 2.45) is 0 Å². The van der Waals surface area contributed by atoms with Gasteiger partial charge >= 0.3 is 0 Å². The third-order valence-corrected chi connectivity index (χ3v) is 2.30. The van der Waals surface area contributed by atoms with E-state index in [1.165, 1.54) is 0 Å². The summed E-state index contributed by atoms with van der Waals surface area (Å²) in [6.07, 6.45) is 0. The fraction of sp³-hybridized carbons (Fsp3) is 0.300. The zero-order chi connectivity index (χ0) is 11.4. The van der Waals surface area contributed by atoms with Crippen LogP contribution in [-0.4, -0.2) is 26.5 Å². The number of benzene rings is 1. The number of halogens is 1. The number of hydrogen-bond donors (Lipinski definition) is 2. The molecule has 0 spiro atoms. The van der Waals surface area contributed by atoms with Gasteiger partial charge < -0.3 is 16.0 Å². The molecule has 0 bridgehead atoms. The lowest BCUT2D eigenvalue weighted by molar-refractivity contribution is -0.119. The summed E-state index contributed by atoms with van der Waals surface area (Å²) in [6.45, 7) is 0.251. The molecular weight excluding hydrogens is 214 g/mol. The molecule has 3 N–H and O–H groups in total. The van der Waals surface area contributed by atoms with Gasteiger partial charge in [-0.15, -0.1) is 0 Å². The van der Waals surface area contributed by atoms with E-state index in [-0.39, 0.29) is 12.5 Å². The van der Waals surface area contributed by atoms with E-state index in [9.17, 15) is 4.79 Å². The van der Waals surface area contributed by atoms with E-state index in [0.29, 0.717) is 10.7 Å². The van der Waals surface area contributed by atoms with Gasteiger partial charge in [0, 0.05) is 19.1 Å². The van der Waals surface area contributed by atoms with Crippen LogP contribution in [0.3, 0.4) is 0 Å². The number of anilines is 2. The van der Waals surface area contributed by atoms with E-state index < -0.39 is 0 Å². The Bertz CT molecular complexity index is 368. The summed E-state index contributed by atoms with van der Waals surface area (Å²) in [6, 6.07) is 5.17. The van der Waals surface area contributed by atoms with Gasteiger partial charge in [-0.2, -0.15) is 0 Å². The zero-order valence-electron chi connectivity index (χ0n) is 8.75. The lowest BCUT2D eigenvalue weighted by Crippen LogP contribution is -2.33. The SMILES string of the molecule is CNC(=O)CN(C)c1cc(Cl)ccc1N. The highest BCUT2D eigenvalue weighted by Gasteiger charge is 2.09. The van der Waals surface area contributed by atoms with Crippen LogP contribution in [0, 0.1) is 0 Å². The highest BCUT2D eigenvalue weighted by atomic mass is 35.5. The van der Waals surface area contributed by atoms with Crippen molar-refractivity contribution in [1.82, 2.24) is 5.32 Å². The molecule has 0 aromatic heterocycles. The lowest BCUT2D eigenvalue weighted by atomic mass is 10.2.